The topological polar surface area (TPSA) is 74.8 Å². The van der Waals surface area contributed by atoms with Gasteiger partial charge < -0.3 is 9.52 Å². The predicted molar refractivity (Wildman–Crippen MR) is 92.0 cm³/mol. The molecule has 20 heavy (non-hydrogen) atoms. The first-order chi connectivity index (χ1) is 9.47. The van der Waals surface area contributed by atoms with E-state index in [0.717, 1.165) is 12.7 Å². The molecule has 0 fully saturated rings. The van der Waals surface area contributed by atoms with E-state index in [1.165, 1.54) is 6.21 Å². The van der Waals surface area contributed by atoms with Crippen molar-refractivity contribution in [2.75, 3.05) is 0 Å². The minimum Gasteiger partial charge on any atom is -0.506 e. The number of halogens is 2. The van der Waals surface area contributed by atoms with Crippen molar-refractivity contribution >= 4 is 57.3 Å². The average Bonchev–Trinajstić information content (AvgIpc) is 2.82. The summed E-state index contributed by atoms with van der Waals surface area (Å²) in [7, 11) is 0. The van der Waals surface area contributed by atoms with Gasteiger partial charge in [-0.3, -0.25) is 4.79 Å². The number of aromatic hydroxyl groups is 1. The largest absolute Gasteiger partial charge is 0.506 e. The van der Waals surface area contributed by atoms with Crippen LogP contribution in [0.5, 0.6) is 5.75 Å². The zero-order valence-corrected chi connectivity index (χ0v) is 14.7. The summed E-state index contributed by atoms with van der Waals surface area (Å²) in [6.07, 6.45) is 1.51. The fraction of sp³-hybridized carbons (Fsp3) is 0.0769. The zero-order valence-electron chi connectivity index (χ0n) is 10.4. The molecule has 0 bridgehead atoms. The molecule has 0 unspecified atom stereocenters. The van der Waals surface area contributed by atoms with Crippen molar-refractivity contribution < 1.29 is 14.3 Å². The second kappa shape index (κ2) is 6.57. The van der Waals surface area contributed by atoms with Gasteiger partial charge in [0, 0.05) is 0 Å². The van der Waals surface area contributed by atoms with Crippen LogP contribution < -0.4 is 5.43 Å². The Hall–Kier alpha value is -1.10. The fourth-order valence-electron chi connectivity index (χ4n) is 1.44. The number of nitrogens with zero attached hydrogens (tertiary/aromatic N) is 1. The fourth-order valence-corrected chi connectivity index (χ4v) is 3.25. The van der Waals surface area contributed by atoms with E-state index in [0.29, 0.717) is 5.76 Å². The number of hydrogen-bond donors (Lipinski definition) is 2. The second-order valence-corrected chi connectivity index (χ2v) is 6.27. The molecule has 2 rings (SSSR count). The van der Waals surface area contributed by atoms with E-state index < -0.39 is 5.91 Å². The molecule has 0 aliphatic heterocycles. The number of phenols is 1. The molecule has 0 saturated heterocycles. The number of nitrogens with one attached hydrogen (secondary N) is 1. The Morgan fingerprint density at radius 3 is 2.55 bits per heavy atom. The van der Waals surface area contributed by atoms with Gasteiger partial charge in [0.15, 0.2) is 5.76 Å². The normalized spacial score (nSPS) is 10.9. The van der Waals surface area contributed by atoms with Crippen molar-refractivity contribution in [3.8, 4) is 5.75 Å². The van der Waals surface area contributed by atoms with E-state index in [1.807, 2.05) is 45.2 Å². The van der Waals surface area contributed by atoms with Gasteiger partial charge in [-0.05, 0) is 81.9 Å². The predicted octanol–water partition coefficient (Wildman–Crippen LogP) is 3.27. The average molecular weight is 496 g/mol. The van der Waals surface area contributed by atoms with E-state index in [9.17, 15) is 9.90 Å². The summed E-state index contributed by atoms with van der Waals surface area (Å²) in [5, 5.41) is 13.5. The van der Waals surface area contributed by atoms with Crippen molar-refractivity contribution in [2.24, 2.45) is 5.10 Å². The van der Waals surface area contributed by atoms with Gasteiger partial charge in [0.2, 0.25) is 0 Å². The molecule has 1 heterocycles. The minimum absolute atomic E-state index is 0.217. The van der Waals surface area contributed by atoms with Crippen LogP contribution in [-0.2, 0) is 0 Å². The number of rotatable bonds is 3. The van der Waals surface area contributed by atoms with E-state index in [4.69, 9.17) is 4.42 Å². The highest BCUT2D eigenvalue weighted by atomic mass is 127. The molecule has 0 atom stereocenters. The lowest BCUT2D eigenvalue weighted by Crippen LogP contribution is -2.16. The molecule has 2 N–H and O–H groups in total. The zero-order chi connectivity index (χ0) is 14.7. The first-order valence-corrected chi connectivity index (χ1v) is 7.71. The number of hydrazone groups is 1. The number of carbonyl (C=O) groups is 1. The van der Waals surface area contributed by atoms with Crippen LogP contribution in [0.1, 0.15) is 21.9 Å². The van der Waals surface area contributed by atoms with Gasteiger partial charge in [-0.25, -0.2) is 5.43 Å². The Morgan fingerprint density at radius 1 is 1.35 bits per heavy atom. The number of aryl methyl sites for hydroxylation is 1. The number of phenolic OH excluding ortho intramolecular Hbond substituents is 1. The highest BCUT2D eigenvalue weighted by molar-refractivity contribution is 14.1. The summed E-state index contributed by atoms with van der Waals surface area (Å²) in [6, 6.07) is 6.84. The molecule has 1 aromatic heterocycles. The quantitative estimate of drug-likeness (QED) is 0.390. The molecule has 0 aliphatic rings. The SMILES string of the molecule is Cc1ccc(C(=O)N/N=C\c2cc(I)c(O)c(I)c2)o1. The molecular formula is C13H10I2N2O3. The first kappa shape index (κ1) is 15.3. The van der Waals surface area contributed by atoms with Crippen molar-refractivity contribution in [3.05, 3.63) is 48.5 Å². The smallest absolute Gasteiger partial charge is 0.307 e. The van der Waals surface area contributed by atoms with Crippen LogP contribution in [0.2, 0.25) is 0 Å². The molecule has 0 aliphatic carbocycles. The van der Waals surface area contributed by atoms with Crippen LogP contribution in [0.25, 0.3) is 0 Å². The number of furan rings is 1. The van der Waals surface area contributed by atoms with Gasteiger partial charge in [0.25, 0.3) is 0 Å². The van der Waals surface area contributed by atoms with Gasteiger partial charge >= 0.3 is 5.91 Å². The Labute approximate surface area is 142 Å². The maximum absolute atomic E-state index is 11.7. The second-order valence-electron chi connectivity index (χ2n) is 3.94. The summed E-state index contributed by atoms with van der Waals surface area (Å²) in [5.74, 6) is 0.729. The monoisotopic (exact) mass is 496 g/mol. The molecular weight excluding hydrogens is 486 g/mol. The summed E-state index contributed by atoms with van der Waals surface area (Å²) in [6.45, 7) is 1.76. The van der Waals surface area contributed by atoms with Gasteiger partial charge in [0.05, 0.1) is 13.4 Å². The lowest BCUT2D eigenvalue weighted by molar-refractivity contribution is 0.0926. The van der Waals surface area contributed by atoms with Gasteiger partial charge in [-0.2, -0.15) is 5.10 Å². The Bertz CT molecular complexity index is 657. The lowest BCUT2D eigenvalue weighted by Gasteiger charge is -2.02. The third kappa shape index (κ3) is 3.72. The van der Waals surface area contributed by atoms with E-state index in [2.05, 4.69) is 10.5 Å². The number of carbonyl (C=O) groups excluding carboxylic acids is 1. The number of amides is 1. The molecule has 2 aromatic rings. The summed E-state index contributed by atoms with van der Waals surface area (Å²) in [4.78, 5) is 11.7. The Kier molecular flexibility index (Phi) is 5.02. The standard InChI is InChI=1S/C13H10I2N2O3/c1-7-2-3-11(20-7)13(19)17-16-6-8-4-9(14)12(18)10(15)5-8/h2-6,18H,1H3,(H,17,19)/b16-6-. The Morgan fingerprint density at radius 2 is 2.00 bits per heavy atom. The maximum Gasteiger partial charge on any atom is 0.307 e. The van der Waals surface area contributed by atoms with Crippen LogP contribution in [0.3, 0.4) is 0 Å². The molecule has 1 amide bonds. The van der Waals surface area contributed by atoms with Gasteiger partial charge in [-0.1, -0.05) is 0 Å². The van der Waals surface area contributed by atoms with Crippen LogP contribution in [0, 0.1) is 14.1 Å². The number of benzene rings is 1. The molecule has 0 saturated carbocycles. The van der Waals surface area contributed by atoms with Crippen LogP contribution >= 0.6 is 45.2 Å². The van der Waals surface area contributed by atoms with Crippen molar-refractivity contribution in [1.29, 1.82) is 0 Å². The molecule has 1 aromatic carbocycles. The van der Waals surface area contributed by atoms with E-state index >= 15 is 0 Å². The molecule has 0 radical (unpaired) electrons. The summed E-state index contributed by atoms with van der Waals surface area (Å²) in [5.41, 5.74) is 3.17. The third-order valence-electron chi connectivity index (χ3n) is 2.38. The highest BCUT2D eigenvalue weighted by Gasteiger charge is 2.08. The van der Waals surface area contributed by atoms with Gasteiger partial charge in [0.1, 0.15) is 11.5 Å². The molecule has 104 valence electrons. The van der Waals surface area contributed by atoms with Crippen molar-refractivity contribution in [3.63, 3.8) is 0 Å². The molecule has 0 spiro atoms. The van der Waals surface area contributed by atoms with Crippen LogP contribution in [-0.4, -0.2) is 17.2 Å². The summed E-state index contributed by atoms with van der Waals surface area (Å²) >= 11 is 4.07. The number of hydrogen-bond acceptors (Lipinski definition) is 4. The highest BCUT2D eigenvalue weighted by Crippen LogP contribution is 2.26. The van der Waals surface area contributed by atoms with E-state index in [1.54, 1.807) is 31.2 Å². The van der Waals surface area contributed by atoms with Gasteiger partial charge in [-0.15, -0.1) is 0 Å². The molecule has 7 heteroatoms. The minimum atomic E-state index is -0.405. The van der Waals surface area contributed by atoms with Crippen molar-refractivity contribution in [1.82, 2.24) is 5.43 Å². The summed E-state index contributed by atoms with van der Waals surface area (Å²) < 4.78 is 6.63. The van der Waals surface area contributed by atoms with Crippen molar-refractivity contribution in [2.45, 2.75) is 6.92 Å². The molecule has 5 nitrogen and oxygen atoms in total. The van der Waals surface area contributed by atoms with E-state index in [-0.39, 0.29) is 11.5 Å². The van der Waals surface area contributed by atoms with Crippen LogP contribution in [0.4, 0.5) is 0 Å². The maximum atomic E-state index is 11.7. The lowest BCUT2D eigenvalue weighted by atomic mass is 10.2. The van der Waals surface area contributed by atoms with Crippen LogP contribution in [0.15, 0.2) is 33.8 Å². The third-order valence-corrected chi connectivity index (χ3v) is 4.03. The Balaban J connectivity index is 2.05. The first-order valence-electron chi connectivity index (χ1n) is 5.55.